The van der Waals surface area contributed by atoms with Crippen molar-refractivity contribution in [1.29, 1.82) is 0 Å². The molecule has 0 saturated heterocycles. The van der Waals surface area contributed by atoms with Gasteiger partial charge < -0.3 is 9.15 Å². The molecular formula is C16H17N3O3S2. The highest BCUT2D eigenvalue weighted by Gasteiger charge is 2.18. The van der Waals surface area contributed by atoms with Crippen molar-refractivity contribution in [1.82, 2.24) is 14.8 Å². The molecule has 0 aliphatic heterocycles. The van der Waals surface area contributed by atoms with Gasteiger partial charge in [0.25, 0.3) is 0 Å². The standard InChI is InChI=1S/C16H17N3O3S2/c1-11(2)22-14(20)10-24-16-18-17-15(13-6-4-8-23-13)19(16)9-12-5-3-7-21-12/h3-8,11H,9-10H2,1-2H3. The van der Waals surface area contributed by atoms with Crippen molar-refractivity contribution in [2.45, 2.75) is 31.7 Å². The summed E-state index contributed by atoms with van der Waals surface area (Å²) >= 11 is 2.91. The number of furan rings is 1. The lowest BCUT2D eigenvalue weighted by molar-refractivity contribution is -0.144. The fourth-order valence-corrected chi connectivity index (χ4v) is 3.54. The van der Waals surface area contributed by atoms with Gasteiger partial charge in [0.15, 0.2) is 11.0 Å². The summed E-state index contributed by atoms with van der Waals surface area (Å²) in [6, 6.07) is 7.71. The van der Waals surface area contributed by atoms with Crippen molar-refractivity contribution in [3.8, 4) is 10.7 Å². The number of ether oxygens (including phenoxy) is 1. The van der Waals surface area contributed by atoms with E-state index in [0.717, 1.165) is 16.5 Å². The Morgan fingerprint density at radius 2 is 2.25 bits per heavy atom. The number of thiophene rings is 1. The Morgan fingerprint density at radius 1 is 1.38 bits per heavy atom. The van der Waals surface area contributed by atoms with Crippen LogP contribution in [0.3, 0.4) is 0 Å². The van der Waals surface area contributed by atoms with E-state index in [1.165, 1.54) is 11.8 Å². The molecule has 126 valence electrons. The van der Waals surface area contributed by atoms with Crippen molar-refractivity contribution in [2.75, 3.05) is 5.75 Å². The van der Waals surface area contributed by atoms with Gasteiger partial charge in [0.1, 0.15) is 5.76 Å². The van der Waals surface area contributed by atoms with Crippen LogP contribution in [0.25, 0.3) is 10.7 Å². The average molecular weight is 363 g/mol. The largest absolute Gasteiger partial charge is 0.467 e. The predicted octanol–water partition coefficient (Wildman–Crippen LogP) is 3.69. The van der Waals surface area contributed by atoms with Gasteiger partial charge in [0, 0.05) is 0 Å². The fourth-order valence-electron chi connectivity index (χ4n) is 2.10. The van der Waals surface area contributed by atoms with E-state index in [2.05, 4.69) is 10.2 Å². The van der Waals surface area contributed by atoms with E-state index in [-0.39, 0.29) is 17.8 Å². The Labute approximate surface area is 147 Å². The van der Waals surface area contributed by atoms with Crippen LogP contribution >= 0.6 is 23.1 Å². The quantitative estimate of drug-likeness (QED) is 0.471. The molecule has 3 rings (SSSR count). The summed E-state index contributed by atoms with van der Waals surface area (Å²) in [4.78, 5) is 12.8. The number of nitrogens with zero attached hydrogens (tertiary/aromatic N) is 3. The first-order valence-electron chi connectivity index (χ1n) is 7.45. The van der Waals surface area contributed by atoms with Gasteiger partial charge in [-0.1, -0.05) is 17.8 Å². The van der Waals surface area contributed by atoms with Gasteiger partial charge in [-0.25, -0.2) is 0 Å². The number of hydrogen-bond donors (Lipinski definition) is 0. The maximum Gasteiger partial charge on any atom is 0.316 e. The molecule has 6 nitrogen and oxygen atoms in total. The number of aromatic nitrogens is 3. The molecule has 0 spiro atoms. The molecule has 8 heteroatoms. The van der Waals surface area contributed by atoms with Crippen molar-refractivity contribution in [2.24, 2.45) is 0 Å². The third kappa shape index (κ3) is 4.07. The zero-order chi connectivity index (χ0) is 16.9. The Kier molecular flexibility index (Phi) is 5.37. The summed E-state index contributed by atoms with van der Waals surface area (Å²) in [6.07, 6.45) is 1.51. The molecule has 3 aromatic heterocycles. The molecule has 0 N–H and O–H groups in total. The van der Waals surface area contributed by atoms with Gasteiger partial charge in [-0.2, -0.15) is 0 Å². The molecule has 24 heavy (non-hydrogen) atoms. The number of hydrogen-bond acceptors (Lipinski definition) is 7. The molecule has 3 heterocycles. The second kappa shape index (κ2) is 7.67. The van der Waals surface area contributed by atoms with E-state index in [4.69, 9.17) is 9.15 Å². The lowest BCUT2D eigenvalue weighted by Crippen LogP contribution is -2.14. The minimum Gasteiger partial charge on any atom is -0.467 e. The second-order valence-electron chi connectivity index (χ2n) is 5.28. The SMILES string of the molecule is CC(C)OC(=O)CSc1nnc(-c2cccs2)n1Cc1ccco1. The molecule has 0 radical (unpaired) electrons. The molecule has 0 atom stereocenters. The Morgan fingerprint density at radius 3 is 2.92 bits per heavy atom. The Hall–Kier alpha value is -2.06. The number of carbonyl (C=O) groups is 1. The smallest absolute Gasteiger partial charge is 0.316 e. The lowest BCUT2D eigenvalue weighted by atomic mass is 10.4. The first-order chi connectivity index (χ1) is 11.6. The van der Waals surface area contributed by atoms with Crippen molar-refractivity contribution >= 4 is 29.1 Å². The third-order valence-electron chi connectivity index (χ3n) is 3.04. The molecule has 0 aliphatic rings. The van der Waals surface area contributed by atoms with Crippen LogP contribution in [-0.2, 0) is 16.1 Å². The van der Waals surface area contributed by atoms with E-state index < -0.39 is 0 Å². The zero-order valence-corrected chi connectivity index (χ0v) is 15.0. The van der Waals surface area contributed by atoms with Crippen LogP contribution in [0.2, 0.25) is 0 Å². The summed E-state index contributed by atoms with van der Waals surface area (Å²) < 4.78 is 12.6. The summed E-state index contributed by atoms with van der Waals surface area (Å²) in [5.41, 5.74) is 0. The van der Waals surface area contributed by atoms with Crippen molar-refractivity contribution in [3.63, 3.8) is 0 Å². The van der Waals surface area contributed by atoms with Crippen LogP contribution in [0.5, 0.6) is 0 Å². The molecule has 0 aliphatic carbocycles. The number of esters is 1. The Balaban J connectivity index is 1.81. The monoisotopic (exact) mass is 363 g/mol. The van der Waals surface area contributed by atoms with Crippen LogP contribution in [0.1, 0.15) is 19.6 Å². The van der Waals surface area contributed by atoms with Gasteiger partial charge >= 0.3 is 5.97 Å². The van der Waals surface area contributed by atoms with Crippen molar-refractivity contribution in [3.05, 3.63) is 41.7 Å². The molecule has 0 aromatic carbocycles. The van der Waals surface area contributed by atoms with Crippen LogP contribution in [0.15, 0.2) is 45.5 Å². The minimum atomic E-state index is -0.264. The summed E-state index contributed by atoms with van der Waals surface area (Å²) in [5, 5.41) is 11.2. The van der Waals surface area contributed by atoms with Gasteiger partial charge in [-0.15, -0.1) is 21.5 Å². The van der Waals surface area contributed by atoms with Gasteiger partial charge in [-0.05, 0) is 37.4 Å². The summed E-state index contributed by atoms with van der Waals surface area (Å²) in [7, 11) is 0. The van der Waals surface area contributed by atoms with Gasteiger partial charge in [0.05, 0.1) is 29.5 Å². The van der Waals surface area contributed by atoms with Crippen LogP contribution in [0.4, 0.5) is 0 Å². The lowest BCUT2D eigenvalue weighted by Gasteiger charge is -2.09. The highest BCUT2D eigenvalue weighted by atomic mass is 32.2. The first-order valence-corrected chi connectivity index (χ1v) is 9.31. The highest BCUT2D eigenvalue weighted by Crippen LogP contribution is 2.28. The zero-order valence-electron chi connectivity index (χ0n) is 13.3. The maximum atomic E-state index is 11.8. The highest BCUT2D eigenvalue weighted by molar-refractivity contribution is 7.99. The summed E-state index contributed by atoms with van der Waals surface area (Å²) in [5.74, 6) is 1.50. The van der Waals surface area contributed by atoms with E-state index in [1.807, 2.05) is 48.1 Å². The van der Waals surface area contributed by atoms with Gasteiger partial charge in [0.2, 0.25) is 0 Å². The fraction of sp³-hybridized carbons (Fsp3) is 0.312. The van der Waals surface area contributed by atoms with E-state index in [9.17, 15) is 4.79 Å². The molecule has 0 amide bonds. The normalized spacial score (nSPS) is 11.1. The molecule has 0 bridgehead atoms. The molecule has 0 saturated carbocycles. The van der Waals surface area contributed by atoms with Gasteiger partial charge in [-0.3, -0.25) is 9.36 Å². The van der Waals surface area contributed by atoms with Crippen LogP contribution in [-0.4, -0.2) is 32.6 Å². The van der Waals surface area contributed by atoms with E-state index >= 15 is 0 Å². The number of thioether (sulfide) groups is 1. The maximum absolute atomic E-state index is 11.8. The second-order valence-corrected chi connectivity index (χ2v) is 7.17. The molecular weight excluding hydrogens is 346 g/mol. The third-order valence-corrected chi connectivity index (χ3v) is 4.84. The topological polar surface area (TPSA) is 70.2 Å². The Bertz CT molecular complexity index is 780. The number of rotatable bonds is 7. The van der Waals surface area contributed by atoms with Crippen LogP contribution < -0.4 is 0 Å². The van der Waals surface area contributed by atoms with E-state index in [0.29, 0.717) is 11.7 Å². The molecule has 3 aromatic rings. The molecule has 0 unspecified atom stereocenters. The van der Waals surface area contributed by atoms with Crippen LogP contribution in [0, 0.1) is 0 Å². The first kappa shape index (κ1) is 16.8. The molecule has 0 fully saturated rings. The number of carbonyl (C=O) groups excluding carboxylic acids is 1. The average Bonchev–Trinajstić information content (AvgIpc) is 3.27. The van der Waals surface area contributed by atoms with E-state index in [1.54, 1.807) is 17.6 Å². The minimum absolute atomic E-state index is 0.124. The summed E-state index contributed by atoms with van der Waals surface area (Å²) in [6.45, 7) is 4.17. The van der Waals surface area contributed by atoms with Crippen molar-refractivity contribution < 1.29 is 13.9 Å². The predicted molar refractivity (Wildman–Crippen MR) is 93.1 cm³/mol.